The lowest BCUT2D eigenvalue weighted by Gasteiger charge is -2.08. The first-order valence-corrected chi connectivity index (χ1v) is 7.80. The van der Waals surface area contributed by atoms with Crippen LogP contribution in [-0.4, -0.2) is 11.8 Å². The van der Waals surface area contributed by atoms with Crippen molar-refractivity contribution >= 4 is 27.7 Å². The van der Waals surface area contributed by atoms with Crippen LogP contribution in [0.2, 0.25) is 0 Å². The Labute approximate surface area is 138 Å². The number of nitrogens with one attached hydrogen (secondary N) is 2. The summed E-state index contributed by atoms with van der Waals surface area (Å²) in [4.78, 5) is 23.7. The molecule has 0 atom stereocenters. The maximum atomic E-state index is 11.9. The van der Waals surface area contributed by atoms with Crippen LogP contribution in [0.15, 0.2) is 53.0 Å². The predicted molar refractivity (Wildman–Crippen MR) is 89.3 cm³/mol. The summed E-state index contributed by atoms with van der Waals surface area (Å²) in [6.45, 7) is 2.05. The molecule has 0 radical (unpaired) electrons. The van der Waals surface area contributed by atoms with E-state index in [2.05, 4.69) is 33.7 Å². The predicted octanol–water partition coefficient (Wildman–Crippen LogP) is 3.02. The van der Waals surface area contributed by atoms with Gasteiger partial charge in [0, 0.05) is 10.0 Å². The minimum absolute atomic E-state index is 0.211. The van der Waals surface area contributed by atoms with Gasteiger partial charge < -0.3 is 0 Å². The highest BCUT2D eigenvalue weighted by atomic mass is 79.9. The van der Waals surface area contributed by atoms with Gasteiger partial charge in [-0.1, -0.05) is 47.1 Å². The lowest BCUT2D eigenvalue weighted by atomic mass is 10.1. The molecule has 0 heterocycles. The van der Waals surface area contributed by atoms with Gasteiger partial charge in [0.05, 0.1) is 6.42 Å². The molecule has 114 valence electrons. The third kappa shape index (κ3) is 4.70. The van der Waals surface area contributed by atoms with E-state index in [4.69, 9.17) is 0 Å². The first-order chi connectivity index (χ1) is 10.6. The van der Waals surface area contributed by atoms with Crippen molar-refractivity contribution in [3.8, 4) is 0 Å². The molecule has 0 saturated carbocycles. The maximum Gasteiger partial charge on any atom is 0.269 e. The minimum atomic E-state index is -0.327. The summed E-state index contributed by atoms with van der Waals surface area (Å²) in [7, 11) is 0. The number of hydrogen-bond donors (Lipinski definition) is 2. The fourth-order valence-corrected chi connectivity index (χ4v) is 2.19. The highest BCUT2D eigenvalue weighted by Gasteiger charge is 2.08. The van der Waals surface area contributed by atoms with Crippen molar-refractivity contribution in [2.75, 3.05) is 0 Å². The number of amides is 2. The average Bonchev–Trinajstić information content (AvgIpc) is 2.55. The Kier molecular flexibility index (Phi) is 5.72. The molecule has 0 aliphatic carbocycles. The number of benzene rings is 2. The van der Waals surface area contributed by atoms with E-state index in [1.807, 2.05) is 36.4 Å². The summed E-state index contributed by atoms with van der Waals surface area (Å²) in [6, 6.07) is 14.7. The molecule has 4 nitrogen and oxygen atoms in total. The van der Waals surface area contributed by atoms with Crippen molar-refractivity contribution < 1.29 is 9.59 Å². The van der Waals surface area contributed by atoms with Gasteiger partial charge in [0.15, 0.2) is 0 Å². The highest BCUT2D eigenvalue weighted by molar-refractivity contribution is 9.10. The molecule has 2 aromatic carbocycles. The van der Waals surface area contributed by atoms with Gasteiger partial charge in [-0.25, -0.2) is 0 Å². The maximum absolute atomic E-state index is 11.9. The van der Waals surface area contributed by atoms with Crippen LogP contribution in [0.5, 0.6) is 0 Å². The number of carbonyl (C=O) groups is 2. The summed E-state index contributed by atoms with van der Waals surface area (Å²) >= 11 is 3.34. The van der Waals surface area contributed by atoms with Crippen LogP contribution in [0.3, 0.4) is 0 Å². The first kappa shape index (κ1) is 16.2. The molecule has 0 aliphatic heterocycles. The molecular formula is C17H17BrN2O2. The molecule has 0 spiro atoms. The van der Waals surface area contributed by atoms with E-state index in [0.717, 1.165) is 22.0 Å². The lowest BCUT2D eigenvalue weighted by molar-refractivity contribution is -0.121. The molecule has 0 aliphatic rings. The second-order valence-corrected chi connectivity index (χ2v) is 5.77. The molecule has 0 aromatic heterocycles. The summed E-state index contributed by atoms with van der Waals surface area (Å²) in [5, 5.41) is 0. The van der Waals surface area contributed by atoms with E-state index in [1.165, 1.54) is 0 Å². The van der Waals surface area contributed by atoms with E-state index in [-0.39, 0.29) is 18.2 Å². The van der Waals surface area contributed by atoms with E-state index in [9.17, 15) is 9.59 Å². The second-order valence-electron chi connectivity index (χ2n) is 4.86. The molecule has 2 aromatic rings. The Balaban J connectivity index is 1.84. The Hall–Kier alpha value is -2.14. The number of rotatable bonds is 4. The van der Waals surface area contributed by atoms with Crippen LogP contribution >= 0.6 is 15.9 Å². The zero-order valence-corrected chi connectivity index (χ0v) is 13.8. The van der Waals surface area contributed by atoms with Crippen LogP contribution in [0.1, 0.15) is 28.4 Å². The smallest absolute Gasteiger partial charge is 0.269 e. The van der Waals surface area contributed by atoms with Gasteiger partial charge in [-0.05, 0) is 41.8 Å². The summed E-state index contributed by atoms with van der Waals surface area (Å²) in [5.74, 6) is -0.590. The molecule has 2 amide bonds. The normalized spacial score (nSPS) is 10.1. The third-order valence-electron chi connectivity index (χ3n) is 3.22. The van der Waals surface area contributed by atoms with Crippen molar-refractivity contribution in [3.05, 3.63) is 69.7 Å². The summed E-state index contributed by atoms with van der Waals surface area (Å²) in [6.07, 6.45) is 1.13. The topological polar surface area (TPSA) is 58.2 Å². The molecule has 0 saturated heterocycles. The molecule has 2 rings (SSSR count). The number of halogens is 1. The third-order valence-corrected chi connectivity index (χ3v) is 3.75. The number of hydrogen-bond acceptors (Lipinski definition) is 2. The van der Waals surface area contributed by atoms with Crippen LogP contribution in [0.25, 0.3) is 0 Å². The quantitative estimate of drug-likeness (QED) is 0.823. The van der Waals surface area contributed by atoms with Gasteiger partial charge in [-0.15, -0.1) is 0 Å². The van der Waals surface area contributed by atoms with Crippen molar-refractivity contribution in [2.24, 2.45) is 0 Å². The van der Waals surface area contributed by atoms with E-state index >= 15 is 0 Å². The van der Waals surface area contributed by atoms with Crippen molar-refractivity contribution in [1.82, 2.24) is 10.9 Å². The molecule has 0 unspecified atom stereocenters. The Morgan fingerprint density at radius 1 is 0.909 bits per heavy atom. The lowest BCUT2D eigenvalue weighted by Crippen LogP contribution is -2.42. The van der Waals surface area contributed by atoms with Gasteiger partial charge in [0.2, 0.25) is 5.91 Å². The van der Waals surface area contributed by atoms with Gasteiger partial charge in [-0.2, -0.15) is 0 Å². The Morgan fingerprint density at radius 2 is 1.50 bits per heavy atom. The fourth-order valence-electron chi connectivity index (χ4n) is 1.92. The SMILES string of the molecule is CCc1ccc(C(=O)NNC(=O)Cc2ccc(Br)cc2)cc1. The van der Waals surface area contributed by atoms with Crippen LogP contribution in [0.4, 0.5) is 0 Å². The van der Waals surface area contributed by atoms with Gasteiger partial charge >= 0.3 is 0 Å². The fraction of sp³-hybridized carbons (Fsp3) is 0.176. The minimum Gasteiger partial charge on any atom is -0.273 e. The highest BCUT2D eigenvalue weighted by Crippen LogP contribution is 2.10. The number of aryl methyl sites for hydroxylation is 1. The summed E-state index contributed by atoms with van der Waals surface area (Å²) in [5.41, 5.74) is 7.40. The zero-order valence-electron chi connectivity index (χ0n) is 12.2. The number of carbonyl (C=O) groups excluding carboxylic acids is 2. The zero-order chi connectivity index (χ0) is 15.9. The molecule has 5 heteroatoms. The average molecular weight is 361 g/mol. The van der Waals surface area contributed by atoms with Crippen molar-refractivity contribution in [3.63, 3.8) is 0 Å². The van der Waals surface area contributed by atoms with Crippen LogP contribution in [-0.2, 0) is 17.6 Å². The molecule has 0 bridgehead atoms. The largest absolute Gasteiger partial charge is 0.273 e. The Bertz CT molecular complexity index is 651. The number of hydrazine groups is 1. The van der Waals surface area contributed by atoms with E-state index < -0.39 is 0 Å². The molecule has 22 heavy (non-hydrogen) atoms. The van der Waals surface area contributed by atoms with Crippen LogP contribution in [0, 0.1) is 0 Å². The molecule has 2 N–H and O–H groups in total. The van der Waals surface area contributed by atoms with Crippen molar-refractivity contribution in [2.45, 2.75) is 19.8 Å². The second kappa shape index (κ2) is 7.75. The summed E-state index contributed by atoms with van der Waals surface area (Å²) < 4.78 is 0.959. The molecule has 0 fully saturated rings. The first-order valence-electron chi connectivity index (χ1n) is 7.01. The van der Waals surface area contributed by atoms with Gasteiger partial charge in [0.1, 0.15) is 0 Å². The van der Waals surface area contributed by atoms with Crippen molar-refractivity contribution in [1.29, 1.82) is 0 Å². The van der Waals surface area contributed by atoms with E-state index in [0.29, 0.717) is 5.56 Å². The molecular weight excluding hydrogens is 344 g/mol. The Morgan fingerprint density at radius 3 is 2.09 bits per heavy atom. The monoisotopic (exact) mass is 360 g/mol. The van der Waals surface area contributed by atoms with E-state index in [1.54, 1.807) is 12.1 Å². The van der Waals surface area contributed by atoms with Gasteiger partial charge in [-0.3, -0.25) is 20.4 Å². The van der Waals surface area contributed by atoms with Gasteiger partial charge in [0.25, 0.3) is 5.91 Å². The standard InChI is InChI=1S/C17H17BrN2O2/c1-2-12-3-7-14(8-4-12)17(22)20-19-16(21)11-13-5-9-15(18)10-6-13/h3-10H,2,11H2,1H3,(H,19,21)(H,20,22). The van der Waals surface area contributed by atoms with Crippen LogP contribution < -0.4 is 10.9 Å².